The lowest BCUT2D eigenvalue weighted by atomic mass is 9.98. The molecule has 1 aliphatic heterocycles. The summed E-state index contributed by atoms with van der Waals surface area (Å²) >= 11 is 5.92. The number of aryl methyl sites for hydroxylation is 2. The number of nitrogens with zero attached hydrogens (tertiary/aromatic N) is 2. The minimum atomic E-state index is -3.58. The topological polar surface area (TPSA) is 40.6 Å². The maximum atomic E-state index is 13.2. The standard InChI is InChI=1S/C24H31ClN2O2S/c1-3-16-26(2)17-6-4-5-8-20-10-15-24-21(19-20)9-7-18-27(24)30(28,29)23-13-11-22(25)12-14-23/h3,10-15,19H,1,4-9,16-18H2,2H3. The first-order valence-corrected chi connectivity index (χ1v) is 12.4. The average molecular weight is 447 g/mol. The Bertz CT molecular complexity index is 958. The highest BCUT2D eigenvalue weighted by molar-refractivity contribution is 7.92. The third-order valence-corrected chi connectivity index (χ3v) is 7.65. The predicted octanol–water partition coefficient (Wildman–Crippen LogP) is 5.31. The maximum Gasteiger partial charge on any atom is 0.264 e. The van der Waals surface area contributed by atoms with Crippen molar-refractivity contribution in [2.24, 2.45) is 0 Å². The fourth-order valence-electron chi connectivity index (χ4n) is 3.95. The molecule has 2 aromatic carbocycles. The van der Waals surface area contributed by atoms with Gasteiger partial charge in [-0.2, -0.15) is 0 Å². The highest BCUT2D eigenvalue weighted by Crippen LogP contribution is 2.33. The van der Waals surface area contributed by atoms with E-state index in [0.29, 0.717) is 11.6 Å². The minimum Gasteiger partial charge on any atom is -0.303 e. The summed E-state index contributed by atoms with van der Waals surface area (Å²) in [5.41, 5.74) is 3.23. The van der Waals surface area contributed by atoms with Crippen molar-refractivity contribution in [2.75, 3.05) is 31.0 Å². The van der Waals surface area contributed by atoms with Gasteiger partial charge in [-0.3, -0.25) is 4.31 Å². The summed E-state index contributed by atoms with van der Waals surface area (Å²) in [5, 5.41) is 0.532. The largest absolute Gasteiger partial charge is 0.303 e. The van der Waals surface area contributed by atoms with E-state index in [1.807, 2.05) is 12.1 Å². The zero-order valence-electron chi connectivity index (χ0n) is 17.7. The monoisotopic (exact) mass is 446 g/mol. The Morgan fingerprint density at radius 3 is 2.63 bits per heavy atom. The van der Waals surface area contributed by atoms with Gasteiger partial charge in [-0.15, -0.1) is 6.58 Å². The third kappa shape index (κ3) is 5.65. The van der Waals surface area contributed by atoms with Crippen LogP contribution in [0.2, 0.25) is 5.02 Å². The van der Waals surface area contributed by atoms with Gasteiger partial charge in [0.2, 0.25) is 0 Å². The van der Waals surface area contributed by atoms with Gasteiger partial charge in [-0.05, 0) is 87.2 Å². The highest BCUT2D eigenvalue weighted by Gasteiger charge is 2.29. The van der Waals surface area contributed by atoms with Crippen LogP contribution in [0.3, 0.4) is 0 Å². The first-order chi connectivity index (χ1) is 14.4. The molecule has 30 heavy (non-hydrogen) atoms. The summed E-state index contributed by atoms with van der Waals surface area (Å²) in [5.74, 6) is 0. The zero-order chi connectivity index (χ0) is 21.6. The molecule has 2 aromatic rings. The Kier molecular flexibility index (Phi) is 7.98. The molecule has 0 fully saturated rings. The summed E-state index contributed by atoms with van der Waals surface area (Å²) in [4.78, 5) is 2.56. The van der Waals surface area contributed by atoms with Crippen LogP contribution in [0.4, 0.5) is 5.69 Å². The van der Waals surface area contributed by atoms with Gasteiger partial charge in [0.1, 0.15) is 0 Å². The van der Waals surface area contributed by atoms with Gasteiger partial charge < -0.3 is 4.90 Å². The number of anilines is 1. The van der Waals surface area contributed by atoms with Crippen LogP contribution in [0.15, 0.2) is 60.0 Å². The van der Waals surface area contributed by atoms with Crippen LogP contribution in [-0.2, 0) is 22.9 Å². The molecular formula is C24H31ClN2O2S. The molecule has 0 aliphatic carbocycles. The molecule has 162 valence electrons. The summed E-state index contributed by atoms with van der Waals surface area (Å²) in [7, 11) is -1.46. The third-order valence-electron chi connectivity index (χ3n) is 5.57. The molecule has 6 heteroatoms. The predicted molar refractivity (Wildman–Crippen MR) is 126 cm³/mol. The molecule has 0 saturated heterocycles. The number of rotatable bonds is 10. The van der Waals surface area contributed by atoms with Crippen molar-refractivity contribution in [3.63, 3.8) is 0 Å². The van der Waals surface area contributed by atoms with Gasteiger partial charge in [-0.25, -0.2) is 8.42 Å². The van der Waals surface area contributed by atoms with Crippen LogP contribution < -0.4 is 4.31 Å². The Hall–Kier alpha value is -1.82. The summed E-state index contributed by atoms with van der Waals surface area (Å²) in [6.45, 7) is 6.30. The van der Waals surface area contributed by atoms with Crippen molar-refractivity contribution < 1.29 is 8.42 Å². The van der Waals surface area contributed by atoms with E-state index >= 15 is 0 Å². The number of hydrogen-bond donors (Lipinski definition) is 0. The number of fused-ring (bicyclic) bond motifs is 1. The van der Waals surface area contributed by atoms with E-state index in [2.05, 4.69) is 30.7 Å². The van der Waals surface area contributed by atoms with Gasteiger partial charge in [0.05, 0.1) is 10.6 Å². The molecule has 4 nitrogen and oxygen atoms in total. The molecular weight excluding hydrogens is 416 g/mol. The fraction of sp³-hybridized carbons (Fsp3) is 0.417. The lowest BCUT2D eigenvalue weighted by molar-refractivity contribution is 0.358. The number of unbranched alkanes of at least 4 members (excludes halogenated alkanes) is 2. The van der Waals surface area contributed by atoms with Crippen LogP contribution in [0.5, 0.6) is 0 Å². The first-order valence-electron chi connectivity index (χ1n) is 10.6. The highest BCUT2D eigenvalue weighted by atomic mass is 35.5. The van der Waals surface area contributed by atoms with Gasteiger partial charge in [0, 0.05) is 18.1 Å². The van der Waals surface area contributed by atoms with Gasteiger partial charge in [0.15, 0.2) is 0 Å². The molecule has 0 unspecified atom stereocenters. The van der Waals surface area contributed by atoms with E-state index in [1.54, 1.807) is 28.6 Å². The van der Waals surface area contributed by atoms with Gasteiger partial charge in [-0.1, -0.05) is 36.2 Å². The Morgan fingerprint density at radius 1 is 1.13 bits per heavy atom. The summed E-state index contributed by atoms with van der Waals surface area (Å²) < 4.78 is 27.9. The smallest absolute Gasteiger partial charge is 0.264 e. The van der Waals surface area contributed by atoms with Crippen molar-refractivity contribution in [3.05, 3.63) is 71.3 Å². The van der Waals surface area contributed by atoms with Crippen molar-refractivity contribution in [1.82, 2.24) is 4.90 Å². The first kappa shape index (κ1) is 22.9. The van der Waals surface area contributed by atoms with Crippen LogP contribution in [0.1, 0.15) is 36.8 Å². The van der Waals surface area contributed by atoms with E-state index in [1.165, 1.54) is 18.4 Å². The molecule has 0 radical (unpaired) electrons. The van der Waals surface area contributed by atoms with Crippen molar-refractivity contribution in [1.29, 1.82) is 0 Å². The summed E-state index contributed by atoms with van der Waals surface area (Å²) in [6, 6.07) is 12.7. The molecule has 3 rings (SSSR count). The Labute approximate surface area is 186 Å². The quantitative estimate of drug-likeness (QED) is 0.366. The van der Waals surface area contributed by atoms with E-state index in [4.69, 9.17) is 11.6 Å². The van der Waals surface area contributed by atoms with E-state index in [9.17, 15) is 8.42 Å². The normalized spacial score (nSPS) is 14.0. The second-order valence-electron chi connectivity index (χ2n) is 7.96. The van der Waals surface area contributed by atoms with Crippen LogP contribution in [0.25, 0.3) is 0 Å². The number of sulfonamides is 1. The molecule has 0 amide bonds. The fourth-order valence-corrected chi connectivity index (χ4v) is 5.62. The number of benzene rings is 2. The van der Waals surface area contributed by atoms with Crippen LogP contribution >= 0.6 is 11.6 Å². The average Bonchev–Trinajstić information content (AvgIpc) is 2.73. The Morgan fingerprint density at radius 2 is 1.90 bits per heavy atom. The number of likely N-dealkylation sites (N-methyl/N-ethyl adjacent to an activating group) is 1. The molecule has 0 spiro atoms. The Balaban J connectivity index is 1.64. The second kappa shape index (κ2) is 10.5. The maximum absolute atomic E-state index is 13.2. The van der Waals surface area contributed by atoms with Crippen LogP contribution in [-0.4, -0.2) is 40.0 Å². The van der Waals surface area contributed by atoms with E-state index in [-0.39, 0.29) is 4.90 Å². The van der Waals surface area contributed by atoms with Crippen molar-refractivity contribution in [2.45, 2.75) is 43.4 Å². The lowest BCUT2D eigenvalue weighted by Gasteiger charge is -2.31. The molecule has 1 aliphatic rings. The molecule has 0 bridgehead atoms. The summed E-state index contributed by atoms with van der Waals surface area (Å²) in [6.07, 6.45) is 8.23. The molecule has 0 atom stereocenters. The molecule has 0 aromatic heterocycles. The van der Waals surface area contributed by atoms with Crippen LogP contribution in [0, 0.1) is 0 Å². The zero-order valence-corrected chi connectivity index (χ0v) is 19.3. The van der Waals surface area contributed by atoms with E-state index in [0.717, 1.165) is 50.0 Å². The second-order valence-corrected chi connectivity index (χ2v) is 10.3. The number of hydrogen-bond acceptors (Lipinski definition) is 3. The van der Waals surface area contributed by atoms with Gasteiger partial charge in [0.25, 0.3) is 10.0 Å². The molecule has 1 heterocycles. The lowest BCUT2D eigenvalue weighted by Crippen LogP contribution is -2.35. The van der Waals surface area contributed by atoms with E-state index < -0.39 is 10.0 Å². The van der Waals surface area contributed by atoms with Crippen molar-refractivity contribution >= 4 is 27.3 Å². The molecule has 0 saturated carbocycles. The number of halogens is 1. The molecule has 0 N–H and O–H groups in total. The van der Waals surface area contributed by atoms with Crippen molar-refractivity contribution in [3.8, 4) is 0 Å². The SMILES string of the molecule is C=CCN(C)CCCCCc1ccc2c(c1)CCCN2S(=O)(=O)c1ccc(Cl)cc1. The minimum absolute atomic E-state index is 0.283. The van der Waals surface area contributed by atoms with Gasteiger partial charge >= 0.3 is 0 Å².